The van der Waals surface area contributed by atoms with Crippen molar-refractivity contribution in [2.45, 2.75) is 39.6 Å². The molecule has 12 nitrogen and oxygen atoms in total. The van der Waals surface area contributed by atoms with Crippen LogP contribution in [0.15, 0.2) is 71.0 Å². The van der Waals surface area contributed by atoms with Crippen LogP contribution in [0.2, 0.25) is 5.02 Å². The Labute approximate surface area is 291 Å². The first-order valence-electron chi connectivity index (χ1n) is 14.7. The number of ether oxygens (including phenoxy) is 5. The van der Waals surface area contributed by atoms with E-state index in [0.29, 0.717) is 59.1 Å². The van der Waals surface area contributed by atoms with E-state index in [1.165, 1.54) is 7.11 Å². The Morgan fingerprint density at radius 1 is 1.06 bits per heavy atom. The summed E-state index contributed by atoms with van der Waals surface area (Å²) in [5.74, 6) is 1.32. The number of urea groups is 1. The smallest absolute Gasteiger partial charge is 0.337 e. The molecule has 47 heavy (non-hydrogen) atoms. The number of carbonyl (C=O) groups is 2. The van der Waals surface area contributed by atoms with E-state index >= 15 is 0 Å². The summed E-state index contributed by atoms with van der Waals surface area (Å²) in [7, 11) is 1.27. The van der Waals surface area contributed by atoms with E-state index in [4.69, 9.17) is 35.3 Å². The van der Waals surface area contributed by atoms with E-state index in [1.54, 1.807) is 37.4 Å². The number of hydrogen-bond acceptors (Lipinski definition) is 10. The fraction of sp³-hybridized carbons (Fsp3) is 0.303. The predicted molar refractivity (Wildman–Crippen MR) is 185 cm³/mol. The maximum atomic E-state index is 12.5. The van der Waals surface area contributed by atoms with E-state index < -0.39 is 24.3 Å². The summed E-state index contributed by atoms with van der Waals surface area (Å²) < 4.78 is 29.2. The van der Waals surface area contributed by atoms with Gasteiger partial charge in [0.2, 0.25) is 0 Å². The molecule has 4 N–H and O–H groups in total. The minimum absolute atomic E-state index is 0.161. The quantitative estimate of drug-likeness (QED) is 0.0521. The lowest BCUT2D eigenvalue weighted by Gasteiger charge is -2.28. The van der Waals surface area contributed by atoms with Gasteiger partial charge >= 0.3 is 12.0 Å². The van der Waals surface area contributed by atoms with Gasteiger partial charge in [-0.05, 0) is 96.5 Å². The number of rotatable bonds is 15. The van der Waals surface area contributed by atoms with Crippen molar-refractivity contribution >= 4 is 52.4 Å². The molecule has 0 unspecified atom stereocenters. The third-order valence-corrected chi connectivity index (χ3v) is 7.75. The van der Waals surface area contributed by atoms with Gasteiger partial charge in [0, 0.05) is 10.7 Å². The number of nitrogens with zero attached hydrogens (tertiary/aromatic N) is 1. The maximum absolute atomic E-state index is 12.5. The number of methoxy groups -OCH3 is 1. The van der Waals surface area contributed by atoms with Gasteiger partial charge in [0.15, 0.2) is 29.2 Å². The third-order valence-electron chi connectivity index (χ3n) is 6.71. The Balaban J connectivity index is 1.40. The van der Waals surface area contributed by atoms with E-state index in [0.717, 1.165) is 14.7 Å². The molecule has 0 saturated carbocycles. The predicted octanol–water partition coefficient (Wildman–Crippen LogP) is 5.44. The van der Waals surface area contributed by atoms with E-state index in [1.807, 2.05) is 44.2 Å². The Morgan fingerprint density at radius 3 is 2.55 bits per heavy atom. The van der Waals surface area contributed by atoms with Crippen LogP contribution in [0.1, 0.15) is 43.5 Å². The summed E-state index contributed by atoms with van der Waals surface area (Å²) in [6, 6.07) is 14.9. The minimum Gasteiger partial charge on any atom is -0.490 e. The van der Waals surface area contributed by atoms with E-state index in [9.17, 15) is 14.7 Å². The van der Waals surface area contributed by atoms with Crippen LogP contribution in [-0.2, 0) is 16.1 Å². The average Bonchev–Trinajstić information content (AvgIpc) is 3.03. The van der Waals surface area contributed by atoms with E-state index in [2.05, 4.69) is 43.8 Å². The summed E-state index contributed by atoms with van der Waals surface area (Å²) in [5.41, 5.74) is 5.55. The first kappa shape index (κ1) is 35.6. The van der Waals surface area contributed by atoms with Gasteiger partial charge in [0.1, 0.15) is 13.2 Å². The molecule has 2 amide bonds. The molecular weight excluding hydrogens is 743 g/mol. The van der Waals surface area contributed by atoms with Crippen molar-refractivity contribution in [1.82, 2.24) is 16.1 Å². The number of hydrogen-bond donors (Lipinski definition) is 4. The highest BCUT2D eigenvalue weighted by Crippen LogP contribution is 2.36. The summed E-state index contributed by atoms with van der Waals surface area (Å²) in [6.07, 6.45) is 0.392. The first-order valence-corrected chi connectivity index (χ1v) is 16.1. The maximum Gasteiger partial charge on any atom is 0.337 e. The van der Waals surface area contributed by atoms with Crippen molar-refractivity contribution in [3.63, 3.8) is 0 Å². The molecule has 0 bridgehead atoms. The normalized spacial score (nSPS) is 15.0. The van der Waals surface area contributed by atoms with Crippen molar-refractivity contribution in [3.8, 4) is 23.0 Å². The molecule has 0 spiro atoms. The molecule has 1 heterocycles. The Bertz CT molecular complexity index is 1650. The Morgan fingerprint density at radius 2 is 1.83 bits per heavy atom. The van der Waals surface area contributed by atoms with Crippen molar-refractivity contribution in [3.05, 3.63) is 91.2 Å². The summed E-state index contributed by atoms with van der Waals surface area (Å²) in [5, 5.41) is 20.7. The third kappa shape index (κ3) is 9.65. The van der Waals surface area contributed by atoms with Crippen molar-refractivity contribution in [2.24, 2.45) is 5.10 Å². The highest BCUT2D eigenvalue weighted by atomic mass is 127. The topological polar surface area (TPSA) is 149 Å². The summed E-state index contributed by atoms with van der Waals surface area (Å²) in [6.45, 7) is 6.26. The lowest BCUT2D eigenvalue weighted by Crippen LogP contribution is -2.45. The Kier molecular flexibility index (Phi) is 13.0. The summed E-state index contributed by atoms with van der Waals surface area (Å²) >= 11 is 8.27. The molecule has 3 aromatic carbocycles. The number of halogens is 2. The number of aliphatic hydroxyl groups excluding tert-OH is 1. The van der Waals surface area contributed by atoms with Crippen LogP contribution < -0.4 is 35.0 Å². The lowest BCUT2D eigenvalue weighted by atomic mass is 9.95. The second-order valence-corrected chi connectivity index (χ2v) is 11.7. The zero-order valence-corrected chi connectivity index (χ0v) is 29.2. The van der Waals surface area contributed by atoms with Crippen molar-refractivity contribution in [2.75, 3.05) is 26.9 Å². The van der Waals surface area contributed by atoms with Gasteiger partial charge in [-0.2, -0.15) is 5.10 Å². The molecule has 2 atom stereocenters. The average molecular weight is 779 g/mol. The number of aliphatic hydroxyl groups is 1. The zero-order chi connectivity index (χ0) is 33.9. The monoisotopic (exact) mass is 778 g/mol. The molecule has 4 rings (SSSR count). The van der Waals surface area contributed by atoms with E-state index in [-0.39, 0.29) is 12.2 Å². The number of nitrogens with one attached hydrogen (secondary N) is 3. The van der Waals surface area contributed by atoms with Crippen LogP contribution in [0.5, 0.6) is 23.0 Å². The van der Waals surface area contributed by atoms with Gasteiger partial charge in [-0.3, -0.25) is 5.43 Å². The number of allylic oxidation sites excluding steroid dienone is 1. The van der Waals surface area contributed by atoms with Gasteiger partial charge < -0.3 is 39.4 Å². The van der Waals surface area contributed by atoms with Crippen LogP contribution in [0, 0.1) is 3.57 Å². The molecule has 250 valence electrons. The molecule has 0 saturated heterocycles. The number of esters is 1. The van der Waals surface area contributed by atoms with Gasteiger partial charge in [-0.25, -0.2) is 9.59 Å². The molecule has 0 fully saturated rings. The van der Waals surface area contributed by atoms with Crippen molar-refractivity contribution in [1.29, 1.82) is 0 Å². The molecule has 1 aliphatic rings. The zero-order valence-electron chi connectivity index (χ0n) is 26.3. The van der Waals surface area contributed by atoms with Gasteiger partial charge in [0.05, 0.1) is 41.7 Å². The first-order chi connectivity index (χ1) is 22.6. The van der Waals surface area contributed by atoms with Gasteiger partial charge in [-0.1, -0.05) is 29.8 Å². The number of amides is 2. The van der Waals surface area contributed by atoms with Gasteiger partial charge in [0.25, 0.3) is 0 Å². The summed E-state index contributed by atoms with van der Waals surface area (Å²) in [4.78, 5) is 24.7. The standard InChI is InChI=1S/C33H36ClIN4O8/c1-5-44-26-15-22(30-29(32(41)43-4)19(3)37-33(42)38-30)10-11-25(26)46-18-28(40)39-36-16-21-13-24(35)31(27(14-21)45-6-2)47-17-20-8-7-9-23(34)12-20/h7-16,28,30,39-40H,5-6,17-18H2,1-4H3,(H2,37,38,42)/b36-16+/t28-,30+/m1/s1. The largest absolute Gasteiger partial charge is 0.490 e. The molecule has 0 aromatic heterocycles. The van der Waals surface area contributed by atoms with Gasteiger partial charge in [-0.15, -0.1) is 0 Å². The fourth-order valence-electron chi connectivity index (χ4n) is 4.67. The lowest BCUT2D eigenvalue weighted by molar-refractivity contribution is -0.136. The molecule has 0 radical (unpaired) electrons. The molecule has 1 aliphatic heterocycles. The molecule has 14 heteroatoms. The highest BCUT2D eigenvalue weighted by Gasteiger charge is 2.32. The minimum atomic E-state index is -1.16. The number of hydrazone groups is 1. The van der Waals surface area contributed by atoms with Crippen LogP contribution in [0.25, 0.3) is 0 Å². The second-order valence-electron chi connectivity index (χ2n) is 10.1. The second kappa shape index (κ2) is 17.1. The van der Waals surface area contributed by atoms with Crippen LogP contribution in [-0.4, -0.2) is 56.5 Å². The van der Waals surface area contributed by atoms with Crippen molar-refractivity contribution < 1.29 is 38.4 Å². The van der Waals surface area contributed by atoms with Crippen LogP contribution >= 0.6 is 34.2 Å². The number of benzene rings is 3. The highest BCUT2D eigenvalue weighted by molar-refractivity contribution is 14.1. The van der Waals surface area contributed by atoms with Crippen LogP contribution in [0.4, 0.5) is 4.79 Å². The fourth-order valence-corrected chi connectivity index (χ4v) is 5.66. The van der Waals surface area contributed by atoms with Crippen LogP contribution in [0.3, 0.4) is 0 Å². The molecule has 0 aliphatic carbocycles. The SMILES string of the molecule is CCOc1cc([C@@H]2NC(=O)NC(C)=C2C(=O)OC)ccc1OC[C@@H](O)N/N=C/c1cc(I)c(OCc2cccc(Cl)c2)c(OCC)c1. The Hall–Kier alpha value is -4.21. The molecular formula is C33H36ClIN4O8. The number of carbonyl (C=O) groups excluding carboxylic acids is 2. The molecule has 3 aromatic rings.